The zero-order valence-electron chi connectivity index (χ0n) is 14.1. The second-order valence-corrected chi connectivity index (χ2v) is 6.88. The number of carbonyl (C=O) groups excluding carboxylic acids is 2. The highest BCUT2D eigenvalue weighted by atomic mass is 19.2. The second kappa shape index (κ2) is 6.20. The zero-order valence-corrected chi connectivity index (χ0v) is 14.1. The van der Waals surface area contributed by atoms with Gasteiger partial charge in [-0.3, -0.25) is 9.69 Å². The minimum absolute atomic E-state index is 0.0223. The number of halogens is 2. The molecule has 2 aliphatic rings. The lowest BCUT2D eigenvalue weighted by Gasteiger charge is -2.32. The van der Waals surface area contributed by atoms with Crippen LogP contribution in [0.3, 0.4) is 0 Å². The van der Waals surface area contributed by atoms with E-state index in [0.717, 1.165) is 16.5 Å². The maximum Gasteiger partial charge on any atom is 0.325 e. The Balaban J connectivity index is 1.52. The highest BCUT2D eigenvalue weighted by Crippen LogP contribution is 2.33. The third-order valence-corrected chi connectivity index (χ3v) is 5.31. The Kier molecular flexibility index (Phi) is 3.98. The van der Waals surface area contributed by atoms with E-state index in [2.05, 4.69) is 5.32 Å². The summed E-state index contributed by atoms with van der Waals surface area (Å²) in [7, 11) is 0. The molecule has 1 heterocycles. The maximum atomic E-state index is 13.8. The number of carbonyl (C=O) groups is 2. The van der Waals surface area contributed by atoms with E-state index < -0.39 is 23.2 Å². The molecular formula is C20H18F2N2O2. The van der Waals surface area contributed by atoms with Gasteiger partial charge in [0.15, 0.2) is 11.6 Å². The summed E-state index contributed by atoms with van der Waals surface area (Å²) in [6.07, 6.45) is 1.79. The SMILES string of the molecule is O=C1NC2(CCc3ccccc3C2)C(=O)N1CCc1cccc(F)c1F. The smallest absolute Gasteiger partial charge is 0.323 e. The third kappa shape index (κ3) is 2.66. The lowest BCUT2D eigenvalue weighted by atomic mass is 9.78. The van der Waals surface area contributed by atoms with E-state index in [1.54, 1.807) is 0 Å². The van der Waals surface area contributed by atoms with Gasteiger partial charge in [0.25, 0.3) is 5.91 Å². The van der Waals surface area contributed by atoms with Crippen LogP contribution in [0, 0.1) is 11.6 Å². The van der Waals surface area contributed by atoms with Crippen LogP contribution in [0.2, 0.25) is 0 Å². The van der Waals surface area contributed by atoms with Gasteiger partial charge in [-0.15, -0.1) is 0 Å². The average Bonchev–Trinajstić information content (AvgIpc) is 2.86. The summed E-state index contributed by atoms with van der Waals surface area (Å²) in [4.78, 5) is 26.4. The Hall–Kier alpha value is -2.76. The number of urea groups is 1. The van der Waals surface area contributed by atoms with Crippen LogP contribution in [0.1, 0.15) is 23.1 Å². The standard InChI is InChI=1S/C20H18F2N2O2/c21-16-7-3-6-14(17(16)22)9-11-24-18(25)20(23-19(24)26)10-8-13-4-1-2-5-15(13)12-20/h1-7H,8-12H2,(H,23,26). The van der Waals surface area contributed by atoms with Crippen LogP contribution in [-0.2, 0) is 24.1 Å². The van der Waals surface area contributed by atoms with Gasteiger partial charge in [0.2, 0.25) is 0 Å². The summed E-state index contributed by atoms with van der Waals surface area (Å²) in [6.45, 7) is 0.0223. The summed E-state index contributed by atoms with van der Waals surface area (Å²) in [5.41, 5.74) is 1.48. The molecule has 1 spiro atoms. The largest absolute Gasteiger partial charge is 0.325 e. The minimum Gasteiger partial charge on any atom is -0.323 e. The highest BCUT2D eigenvalue weighted by Gasteiger charge is 2.52. The second-order valence-electron chi connectivity index (χ2n) is 6.88. The first kappa shape index (κ1) is 16.7. The number of rotatable bonds is 3. The molecule has 1 saturated heterocycles. The Morgan fingerprint density at radius 3 is 2.62 bits per heavy atom. The Morgan fingerprint density at radius 2 is 1.81 bits per heavy atom. The van der Waals surface area contributed by atoms with Crippen molar-refractivity contribution in [3.8, 4) is 0 Å². The summed E-state index contributed by atoms with van der Waals surface area (Å²) in [6, 6.07) is 11.3. The summed E-state index contributed by atoms with van der Waals surface area (Å²) in [5.74, 6) is -2.14. The van der Waals surface area contributed by atoms with Gasteiger partial charge in [-0.1, -0.05) is 36.4 Å². The van der Waals surface area contributed by atoms with Crippen molar-refractivity contribution in [3.05, 3.63) is 70.8 Å². The van der Waals surface area contributed by atoms with Crippen molar-refractivity contribution in [1.82, 2.24) is 10.2 Å². The molecule has 26 heavy (non-hydrogen) atoms. The molecule has 1 aliphatic carbocycles. The van der Waals surface area contributed by atoms with Gasteiger partial charge in [0.05, 0.1) is 0 Å². The number of aryl methyl sites for hydroxylation is 1. The number of nitrogens with zero attached hydrogens (tertiary/aromatic N) is 1. The average molecular weight is 356 g/mol. The number of nitrogens with one attached hydrogen (secondary N) is 1. The van der Waals surface area contributed by atoms with Gasteiger partial charge >= 0.3 is 6.03 Å². The van der Waals surface area contributed by atoms with E-state index in [1.165, 1.54) is 17.7 Å². The van der Waals surface area contributed by atoms with Crippen LogP contribution >= 0.6 is 0 Å². The van der Waals surface area contributed by atoms with Gasteiger partial charge in [0, 0.05) is 13.0 Å². The quantitative estimate of drug-likeness (QED) is 0.860. The van der Waals surface area contributed by atoms with Crippen molar-refractivity contribution in [2.75, 3.05) is 6.54 Å². The molecule has 4 nitrogen and oxygen atoms in total. The first-order valence-corrected chi connectivity index (χ1v) is 8.64. The number of hydrogen-bond donors (Lipinski definition) is 1. The summed E-state index contributed by atoms with van der Waals surface area (Å²) in [5, 5.41) is 2.84. The third-order valence-electron chi connectivity index (χ3n) is 5.31. The molecule has 2 aromatic carbocycles. The topological polar surface area (TPSA) is 49.4 Å². The van der Waals surface area contributed by atoms with Crippen molar-refractivity contribution < 1.29 is 18.4 Å². The fourth-order valence-corrected chi connectivity index (χ4v) is 3.88. The monoisotopic (exact) mass is 356 g/mol. The van der Waals surface area contributed by atoms with Crippen LogP contribution in [-0.4, -0.2) is 28.9 Å². The van der Waals surface area contributed by atoms with Crippen molar-refractivity contribution in [3.63, 3.8) is 0 Å². The van der Waals surface area contributed by atoms with Crippen molar-refractivity contribution >= 4 is 11.9 Å². The molecule has 1 aliphatic heterocycles. The van der Waals surface area contributed by atoms with Crippen molar-refractivity contribution in [2.24, 2.45) is 0 Å². The predicted molar refractivity (Wildman–Crippen MR) is 91.5 cm³/mol. The first-order chi connectivity index (χ1) is 12.5. The fraction of sp³-hybridized carbons (Fsp3) is 0.300. The van der Waals surface area contributed by atoms with Crippen LogP contribution in [0.25, 0.3) is 0 Å². The van der Waals surface area contributed by atoms with E-state index in [1.807, 2.05) is 24.3 Å². The molecule has 1 fully saturated rings. The van der Waals surface area contributed by atoms with Crippen molar-refractivity contribution in [1.29, 1.82) is 0 Å². The van der Waals surface area contributed by atoms with Gasteiger partial charge in [-0.25, -0.2) is 13.6 Å². The number of fused-ring (bicyclic) bond motifs is 1. The van der Waals surface area contributed by atoms with Crippen LogP contribution in [0.5, 0.6) is 0 Å². The Morgan fingerprint density at radius 1 is 1.04 bits per heavy atom. The molecule has 1 N–H and O–H groups in total. The molecule has 2 aromatic rings. The highest BCUT2D eigenvalue weighted by molar-refractivity contribution is 6.07. The van der Waals surface area contributed by atoms with E-state index in [9.17, 15) is 18.4 Å². The molecule has 6 heteroatoms. The first-order valence-electron chi connectivity index (χ1n) is 8.64. The number of amides is 3. The van der Waals surface area contributed by atoms with Gasteiger partial charge in [-0.2, -0.15) is 0 Å². The predicted octanol–water partition coefficient (Wildman–Crippen LogP) is 2.99. The van der Waals surface area contributed by atoms with Crippen LogP contribution in [0.15, 0.2) is 42.5 Å². The van der Waals surface area contributed by atoms with Gasteiger partial charge < -0.3 is 5.32 Å². The number of benzene rings is 2. The molecule has 1 atom stereocenters. The lowest BCUT2D eigenvalue weighted by Crippen LogP contribution is -2.51. The van der Waals surface area contributed by atoms with Gasteiger partial charge in [0.1, 0.15) is 5.54 Å². The molecule has 4 rings (SSSR count). The van der Waals surface area contributed by atoms with Crippen LogP contribution < -0.4 is 5.32 Å². The summed E-state index contributed by atoms with van der Waals surface area (Å²) >= 11 is 0. The lowest BCUT2D eigenvalue weighted by molar-refractivity contribution is -0.131. The Bertz CT molecular complexity index is 899. The normalized spacial score (nSPS) is 21.8. The number of imide groups is 1. The molecule has 0 radical (unpaired) electrons. The molecule has 0 aromatic heterocycles. The zero-order chi connectivity index (χ0) is 18.3. The van der Waals surface area contributed by atoms with E-state index in [4.69, 9.17) is 0 Å². The van der Waals surface area contributed by atoms with Crippen LogP contribution in [0.4, 0.5) is 13.6 Å². The molecule has 0 bridgehead atoms. The van der Waals surface area contributed by atoms with Gasteiger partial charge in [-0.05, 0) is 42.0 Å². The molecule has 0 saturated carbocycles. The molecule has 134 valence electrons. The van der Waals surface area contributed by atoms with E-state index in [0.29, 0.717) is 19.3 Å². The molecule has 3 amide bonds. The molecular weight excluding hydrogens is 338 g/mol. The minimum atomic E-state index is -0.931. The number of hydrogen-bond acceptors (Lipinski definition) is 2. The summed E-state index contributed by atoms with van der Waals surface area (Å²) < 4.78 is 27.1. The Labute approximate surface area is 149 Å². The maximum absolute atomic E-state index is 13.8. The van der Waals surface area contributed by atoms with E-state index in [-0.39, 0.29) is 24.4 Å². The molecule has 1 unspecified atom stereocenters. The van der Waals surface area contributed by atoms with E-state index >= 15 is 0 Å². The van der Waals surface area contributed by atoms with Crippen molar-refractivity contribution in [2.45, 2.75) is 31.2 Å². The fourth-order valence-electron chi connectivity index (χ4n) is 3.88.